The van der Waals surface area contributed by atoms with E-state index in [4.69, 9.17) is 0 Å². The second-order valence-corrected chi connectivity index (χ2v) is 5.49. The molecule has 1 nitrogen and oxygen atoms in total. The van der Waals surface area contributed by atoms with Gasteiger partial charge >= 0.3 is 0 Å². The lowest BCUT2D eigenvalue weighted by Crippen LogP contribution is -2.25. The molecule has 1 aliphatic carbocycles. The van der Waals surface area contributed by atoms with Crippen LogP contribution in [0.2, 0.25) is 0 Å². The first-order chi connectivity index (χ1) is 10.3. The molecule has 1 aliphatic rings. The number of carbonyl (C=O) groups is 1. The van der Waals surface area contributed by atoms with Gasteiger partial charge in [-0.25, -0.2) is 0 Å². The average molecular weight is 274 g/mol. The van der Waals surface area contributed by atoms with Gasteiger partial charge in [0, 0.05) is 17.9 Å². The Morgan fingerprint density at radius 1 is 0.905 bits per heavy atom. The molecule has 0 aliphatic heterocycles. The first kappa shape index (κ1) is 13.6. The summed E-state index contributed by atoms with van der Waals surface area (Å²) in [6, 6.07) is 20.1. The lowest BCUT2D eigenvalue weighted by molar-refractivity contribution is -0.122. The zero-order valence-corrected chi connectivity index (χ0v) is 12.0. The largest absolute Gasteiger partial charge is 0.299 e. The monoisotopic (exact) mass is 274 g/mol. The van der Waals surface area contributed by atoms with E-state index in [0.29, 0.717) is 12.2 Å². The minimum absolute atomic E-state index is 0.0591. The summed E-state index contributed by atoms with van der Waals surface area (Å²) < 4.78 is 0. The molecule has 0 amide bonds. The van der Waals surface area contributed by atoms with Crippen molar-refractivity contribution in [1.82, 2.24) is 0 Å². The van der Waals surface area contributed by atoms with Gasteiger partial charge in [0.1, 0.15) is 5.78 Å². The van der Waals surface area contributed by atoms with Crippen LogP contribution in [0.25, 0.3) is 0 Å². The Balaban J connectivity index is 1.89. The van der Waals surface area contributed by atoms with Crippen molar-refractivity contribution in [2.45, 2.75) is 25.2 Å². The van der Waals surface area contributed by atoms with Crippen molar-refractivity contribution in [3.05, 3.63) is 71.8 Å². The zero-order chi connectivity index (χ0) is 14.5. The second kappa shape index (κ2) is 6.41. The van der Waals surface area contributed by atoms with E-state index in [-0.39, 0.29) is 11.8 Å². The van der Waals surface area contributed by atoms with E-state index in [1.165, 1.54) is 0 Å². The standard InChI is InChI=1S/C20H18O/c21-19-13-7-12-18(15-14-16-8-3-1-4-9-16)20(19)17-10-5-2-6-11-17/h1-6,8-11,18,20H,7,12-13H2/t18-,20-/m1/s1. The van der Waals surface area contributed by atoms with Gasteiger partial charge in [-0.05, 0) is 30.5 Å². The summed E-state index contributed by atoms with van der Waals surface area (Å²) >= 11 is 0. The van der Waals surface area contributed by atoms with Gasteiger partial charge in [-0.2, -0.15) is 0 Å². The first-order valence-electron chi connectivity index (χ1n) is 7.49. The van der Waals surface area contributed by atoms with Crippen molar-refractivity contribution >= 4 is 5.78 Å². The van der Waals surface area contributed by atoms with E-state index in [1.807, 2.05) is 60.7 Å². The SMILES string of the molecule is O=C1CCC[C@H](C#Cc2ccccc2)[C@H]1c1ccccc1. The third kappa shape index (κ3) is 3.23. The fourth-order valence-electron chi connectivity index (χ4n) is 2.97. The molecule has 0 spiro atoms. The lowest BCUT2D eigenvalue weighted by Gasteiger charge is -2.27. The quantitative estimate of drug-likeness (QED) is 0.713. The smallest absolute Gasteiger partial charge is 0.141 e. The molecule has 0 unspecified atom stereocenters. The van der Waals surface area contributed by atoms with E-state index in [2.05, 4.69) is 11.8 Å². The van der Waals surface area contributed by atoms with E-state index in [9.17, 15) is 4.79 Å². The van der Waals surface area contributed by atoms with Gasteiger partial charge in [-0.15, -0.1) is 0 Å². The van der Waals surface area contributed by atoms with E-state index in [1.54, 1.807) is 0 Å². The van der Waals surface area contributed by atoms with Gasteiger partial charge in [0.25, 0.3) is 0 Å². The first-order valence-corrected chi connectivity index (χ1v) is 7.49. The molecular weight excluding hydrogens is 256 g/mol. The van der Waals surface area contributed by atoms with Crippen LogP contribution in [0, 0.1) is 17.8 Å². The summed E-state index contributed by atoms with van der Waals surface area (Å²) in [6.45, 7) is 0. The van der Waals surface area contributed by atoms with Crippen molar-refractivity contribution < 1.29 is 4.79 Å². The number of benzene rings is 2. The highest BCUT2D eigenvalue weighted by Gasteiger charge is 2.31. The van der Waals surface area contributed by atoms with Crippen LogP contribution in [0.5, 0.6) is 0 Å². The second-order valence-electron chi connectivity index (χ2n) is 5.49. The molecule has 0 aromatic heterocycles. The number of ketones is 1. The zero-order valence-electron chi connectivity index (χ0n) is 12.0. The van der Waals surface area contributed by atoms with Crippen LogP contribution in [-0.2, 0) is 4.79 Å². The molecule has 0 N–H and O–H groups in total. The molecule has 0 saturated heterocycles. The van der Waals surface area contributed by atoms with Crippen molar-refractivity contribution in [3.8, 4) is 11.8 Å². The van der Waals surface area contributed by atoms with Crippen LogP contribution in [-0.4, -0.2) is 5.78 Å². The topological polar surface area (TPSA) is 17.1 Å². The summed E-state index contributed by atoms with van der Waals surface area (Å²) in [4.78, 5) is 12.3. The third-order valence-corrected chi connectivity index (χ3v) is 4.02. The molecule has 1 saturated carbocycles. The van der Waals surface area contributed by atoms with Crippen molar-refractivity contribution in [2.75, 3.05) is 0 Å². The predicted octanol–water partition coefficient (Wildman–Crippen LogP) is 4.19. The molecule has 0 heterocycles. The van der Waals surface area contributed by atoms with Gasteiger partial charge in [-0.3, -0.25) is 4.79 Å². The van der Waals surface area contributed by atoms with Crippen molar-refractivity contribution in [1.29, 1.82) is 0 Å². The Kier molecular flexibility index (Phi) is 4.17. The maximum atomic E-state index is 12.3. The maximum absolute atomic E-state index is 12.3. The molecule has 21 heavy (non-hydrogen) atoms. The average Bonchev–Trinajstić information content (AvgIpc) is 2.55. The summed E-state index contributed by atoms with van der Waals surface area (Å²) in [5.41, 5.74) is 2.12. The minimum Gasteiger partial charge on any atom is -0.299 e. The Bertz CT molecular complexity index is 661. The molecule has 104 valence electrons. The normalized spacial score (nSPS) is 21.4. The van der Waals surface area contributed by atoms with Gasteiger partial charge in [0.2, 0.25) is 0 Å². The summed E-state index contributed by atoms with van der Waals surface area (Å²) in [7, 11) is 0. The molecule has 2 aromatic carbocycles. The third-order valence-electron chi connectivity index (χ3n) is 4.02. The van der Waals surface area contributed by atoms with Crippen molar-refractivity contribution in [2.24, 2.45) is 5.92 Å². The Morgan fingerprint density at radius 2 is 1.57 bits per heavy atom. The van der Waals surface area contributed by atoms with Crippen LogP contribution < -0.4 is 0 Å². The van der Waals surface area contributed by atoms with E-state index >= 15 is 0 Å². The highest BCUT2D eigenvalue weighted by Crippen LogP contribution is 2.34. The maximum Gasteiger partial charge on any atom is 0.141 e. The van der Waals surface area contributed by atoms with Gasteiger partial charge in [0.05, 0.1) is 5.92 Å². The van der Waals surface area contributed by atoms with E-state index < -0.39 is 0 Å². The van der Waals surface area contributed by atoms with E-state index in [0.717, 1.165) is 24.0 Å². The predicted molar refractivity (Wildman–Crippen MR) is 84.9 cm³/mol. The molecule has 2 aromatic rings. The number of carbonyl (C=O) groups excluding carboxylic acids is 1. The summed E-state index contributed by atoms with van der Waals surface area (Å²) in [5, 5.41) is 0. The molecule has 1 heteroatoms. The number of rotatable bonds is 1. The Morgan fingerprint density at radius 3 is 2.29 bits per heavy atom. The van der Waals surface area contributed by atoms with Gasteiger partial charge in [-0.1, -0.05) is 60.4 Å². The molecule has 1 fully saturated rings. The van der Waals surface area contributed by atoms with Crippen LogP contribution in [0.15, 0.2) is 60.7 Å². The summed E-state index contributed by atoms with van der Waals surface area (Å²) in [6.07, 6.45) is 2.64. The molecule has 2 atom stereocenters. The van der Waals surface area contributed by atoms with Crippen LogP contribution in [0.4, 0.5) is 0 Å². The van der Waals surface area contributed by atoms with Crippen LogP contribution in [0.3, 0.4) is 0 Å². The lowest BCUT2D eigenvalue weighted by atomic mass is 9.75. The fraction of sp³-hybridized carbons (Fsp3) is 0.250. The van der Waals surface area contributed by atoms with Crippen LogP contribution >= 0.6 is 0 Å². The fourth-order valence-corrected chi connectivity index (χ4v) is 2.97. The Hall–Kier alpha value is -2.33. The molecular formula is C20H18O. The number of Topliss-reactive ketones (excluding diaryl/α,β-unsaturated/α-hetero) is 1. The highest BCUT2D eigenvalue weighted by molar-refractivity contribution is 5.87. The van der Waals surface area contributed by atoms with Crippen LogP contribution in [0.1, 0.15) is 36.3 Å². The minimum atomic E-state index is -0.0591. The highest BCUT2D eigenvalue weighted by atomic mass is 16.1. The molecule has 0 radical (unpaired) electrons. The number of hydrogen-bond donors (Lipinski definition) is 0. The van der Waals surface area contributed by atoms with Crippen molar-refractivity contribution in [3.63, 3.8) is 0 Å². The summed E-state index contributed by atoms with van der Waals surface area (Å²) in [5.74, 6) is 6.99. The molecule has 0 bridgehead atoms. The van der Waals surface area contributed by atoms with Gasteiger partial charge < -0.3 is 0 Å². The number of hydrogen-bond acceptors (Lipinski definition) is 1. The molecule has 3 rings (SSSR count). The van der Waals surface area contributed by atoms with Gasteiger partial charge in [0.15, 0.2) is 0 Å². The Labute approximate surface area is 126 Å².